The highest BCUT2D eigenvalue weighted by molar-refractivity contribution is 7.92. The van der Waals surface area contributed by atoms with Gasteiger partial charge in [-0.2, -0.15) is 0 Å². The van der Waals surface area contributed by atoms with Gasteiger partial charge in [0.1, 0.15) is 5.75 Å². The fourth-order valence-electron chi connectivity index (χ4n) is 2.08. The summed E-state index contributed by atoms with van der Waals surface area (Å²) in [5.74, 6) is -0.611. The second-order valence-electron chi connectivity index (χ2n) is 5.09. The molecule has 0 aromatic carbocycles. The van der Waals surface area contributed by atoms with Crippen LogP contribution in [-0.2, 0) is 14.6 Å². The summed E-state index contributed by atoms with van der Waals surface area (Å²) in [4.78, 5) is 13.9. The van der Waals surface area contributed by atoms with Gasteiger partial charge in [0.2, 0.25) is 5.91 Å². The van der Waals surface area contributed by atoms with Crippen molar-refractivity contribution in [3.63, 3.8) is 0 Å². The number of hydrogen-bond acceptors (Lipinski definition) is 4. The molecule has 1 unspecified atom stereocenters. The van der Waals surface area contributed by atoms with Crippen molar-refractivity contribution in [2.24, 2.45) is 0 Å². The van der Waals surface area contributed by atoms with Gasteiger partial charge >= 0.3 is 0 Å². The highest BCUT2D eigenvalue weighted by Gasteiger charge is 2.29. The summed E-state index contributed by atoms with van der Waals surface area (Å²) in [6, 6.07) is 0.153. The van der Waals surface area contributed by atoms with Crippen molar-refractivity contribution in [3.05, 3.63) is 0 Å². The fraction of sp³-hybridized carbons (Fsp3) is 0.917. The Kier molecular flexibility index (Phi) is 7.93. The molecule has 1 heterocycles. The van der Waals surface area contributed by atoms with Gasteiger partial charge < -0.3 is 10.2 Å². The van der Waals surface area contributed by atoms with E-state index in [0.29, 0.717) is 6.54 Å². The molecule has 1 amide bonds. The summed E-state index contributed by atoms with van der Waals surface area (Å²) < 4.78 is 23.6. The van der Waals surface area contributed by atoms with Gasteiger partial charge in [0.05, 0.1) is 5.25 Å². The summed E-state index contributed by atoms with van der Waals surface area (Å²) in [5.41, 5.74) is 0. The molecule has 1 aliphatic rings. The smallest absolute Gasteiger partial charge is 0.238 e. The Morgan fingerprint density at radius 2 is 2.05 bits per heavy atom. The first-order chi connectivity index (χ1) is 8.38. The zero-order valence-corrected chi connectivity index (χ0v) is 13.5. The Balaban J connectivity index is 0.00000324. The molecule has 0 radical (unpaired) electrons. The molecule has 0 aliphatic carbocycles. The lowest BCUT2D eigenvalue weighted by molar-refractivity contribution is -0.130. The quantitative estimate of drug-likeness (QED) is 0.789. The van der Waals surface area contributed by atoms with E-state index in [-0.39, 0.29) is 30.1 Å². The molecule has 1 aliphatic heterocycles. The molecule has 1 fully saturated rings. The number of hydrogen-bond donors (Lipinski definition) is 1. The van der Waals surface area contributed by atoms with Crippen LogP contribution in [-0.4, -0.2) is 55.9 Å². The molecule has 0 saturated carbocycles. The van der Waals surface area contributed by atoms with Crippen molar-refractivity contribution in [2.75, 3.05) is 25.4 Å². The summed E-state index contributed by atoms with van der Waals surface area (Å²) in [5, 5.41) is 2.71. The average Bonchev–Trinajstić information content (AvgIpc) is 2.77. The number of nitrogens with one attached hydrogen (secondary N) is 1. The third kappa shape index (κ3) is 5.28. The molecule has 19 heavy (non-hydrogen) atoms. The number of halogens is 1. The second-order valence-corrected chi connectivity index (χ2v) is 7.65. The SMILES string of the molecule is CCCN(C(=O)CS(=O)(=O)C(C)C)C1CCNC1.Cl. The summed E-state index contributed by atoms with van der Waals surface area (Å²) in [7, 11) is -3.30. The topological polar surface area (TPSA) is 66.5 Å². The molecule has 0 spiro atoms. The van der Waals surface area contributed by atoms with E-state index in [2.05, 4.69) is 5.32 Å². The number of sulfone groups is 1. The first kappa shape index (κ1) is 18.7. The maximum Gasteiger partial charge on any atom is 0.238 e. The van der Waals surface area contributed by atoms with Crippen LogP contribution in [0.2, 0.25) is 0 Å². The highest BCUT2D eigenvalue weighted by Crippen LogP contribution is 2.12. The van der Waals surface area contributed by atoms with E-state index in [1.165, 1.54) is 0 Å². The van der Waals surface area contributed by atoms with Crippen molar-refractivity contribution in [3.8, 4) is 0 Å². The normalized spacial score (nSPS) is 19.3. The second kappa shape index (κ2) is 8.07. The summed E-state index contributed by atoms with van der Waals surface area (Å²) >= 11 is 0. The zero-order valence-electron chi connectivity index (χ0n) is 11.9. The standard InChI is InChI=1S/C12H24N2O3S.ClH/c1-4-7-14(11-5-6-13-8-11)12(15)9-18(16,17)10(2)3;/h10-11,13H,4-9H2,1-3H3;1H. The molecule has 0 aromatic heterocycles. The summed E-state index contributed by atoms with van der Waals surface area (Å²) in [6.45, 7) is 7.54. The molecule has 1 N–H and O–H groups in total. The minimum atomic E-state index is -3.30. The lowest BCUT2D eigenvalue weighted by atomic mass is 10.2. The van der Waals surface area contributed by atoms with Crippen LogP contribution in [0.3, 0.4) is 0 Å². The largest absolute Gasteiger partial charge is 0.338 e. The van der Waals surface area contributed by atoms with E-state index < -0.39 is 15.1 Å². The maximum atomic E-state index is 12.2. The number of carbonyl (C=O) groups excluding carboxylic acids is 1. The summed E-state index contributed by atoms with van der Waals surface area (Å²) in [6.07, 6.45) is 1.76. The van der Waals surface area contributed by atoms with Crippen LogP contribution in [0.1, 0.15) is 33.6 Å². The average molecular weight is 313 g/mol. The van der Waals surface area contributed by atoms with Crippen LogP contribution in [0.5, 0.6) is 0 Å². The van der Waals surface area contributed by atoms with Crippen LogP contribution in [0.4, 0.5) is 0 Å². The predicted molar refractivity (Wildman–Crippen MR) is 79.4 cm³/mol. The lowest BCUT2D eigenvalue weighted by Crippen LogP contribution is -2.45. The van der Waals surface area contributed by atoms with Gasteiger partial charge in [-0.25, -0.2) is 8.42 Å². The van der Waals surface area contributed by atoms with E-state index in [1.54, 1.807) is 18.7 Å². The molecule has 1 rings (SSSR count). The zero-order chi connectivity index (χ0) is 13.8. The van der Waals surface area contributed by atoms with Crippen molar-refractivity contribution < 1.29 is 13.2 Å². The molecule has 1 atom stereocenters. The fourth-order valence-corrected chi connectivity index (χ4v) is 2.92. The molecule has 0 bridgehead atoms. The van der Waals surface area contributed by atoms with Gasteiger partial charge in [-0.1, -0.05) is 6.92 Å². The molecule has 114 valence electrons. The van der Waals surface area contributed by atoms with Gasteiger partial charge in [-0.15, -0.1) is 12.4 Å². The minimum absolute atomic E-state index is 0. The third-order valence-corrected chi connectivity index (χ3v) is 5.39. The molecule has 7 heteroatoms. The van der Waals surface area contributed by atoms with Crippen molar-refractivity contribution in [1.82, 2.24) is 10.2 Å². The van der Waals surface area contributed by atoms with Crippen molar-refractivity contribution in [1.29, 1.82) is 0 Å². The van der Waals surface area contributed by atoms with Crippen LogP contribution in [0.25, 0.3) is 0 Å². The Morgan fingerprint density at radius 3 is 2.47 bits per heavy atom. The lowest BCUT2D eigenvalue weighted by Gasteiger charge is -2.28. The first-order valence-electron chi connectivity index (χ1n) is 6.60. The molecule has 1 saturated heterocycles. The monoisotopic (exact) mass is 312 g/mol. The molecular formula is C12H25ClN2O3S. The Bertz CT molecular complexity index is 378. The highest BCUT2D eigenvalue weighted by atomic mass is 35.5. The van der Waals surface area contributed by atoms with E-state index in [0.717, 1.165) is 25.9 Å². The third-order valence-electron chi connectivity index (χ3n) is 3.30. The number of carbonyl (C=O) groups is 1. The van der Waals surface area contributed by atoms with Gasteiger partial charge in [0, 0.05) is 19.1 Å². The Morgan fingerprint density at radius 1 is 1.42 bits per heavy atom. The maximum absolute atomic E-state index is 12.2. The first-order valence-corrected chi connectivity index (χ1v) is 8.31. The van der Waals surface area contributed by atoms with Crippen LogP contribution in [0, 0.1) is 0 Å². The predicted octanol–water partition coefficient (Wildman–Crippen LogP) is 0.832. The van der Waals surface area contributed by atoms with Crippen LogP contribution in [0.15, 0.2) is 0 Å². The minimum Gasteiger partial charge on any atom is -0.338 e. The van der Waals surface area contributed by atoms with E-state index >= 15 is 0 Å². The number of amides is 1. The number of rotatable bonds is 6. The number of nitrogens with zero attached hydrogens (tertiary/aromatic N) is 1. The molecule has 0 aromatic rings. The van der Waals surface area contributed by atoms with Gasteiger partial charge in [-0.05, 0) is 33.2 Å². The van der Waals surface area contributed by atoms with E-state index in [4.69, 9.17) is 0 Å². The van der Waals surface area contributed by atoms with Gasteiger partial charge in [0.15, 0.2) is 9.84 Å². The Labute approximate surface area is 122 Å². The van der Waals surface area contributed by atoms with Crippen molar-refractivity contribution in [2.45, 2.75) is 44.9 Å². The van der Waals surface area contributed by atoms with Gasteiger partial charge in [-0.3, -0.25) is 4.79 Å². The molecular weight excluding hydrogens is 288 g/mol. The molecule has 5 nitrogen and oxygen atoms in total. The van der Waals surface area contributed by atoms with E-state index in [1.807, 2.05) is 6.92 Å². The van der Waals surface area contributed by atoms with Crippen LogP contribution < -0.4 is 5.32 Å². The van der Waals surface area contributed by atoms with Crippen molar-refractivity contribution >= 4 is 28.2 Å². The van der Waals surface area contributed by atoms with E-state index in [9.17, 15) is 13.2 Å². The Hall–Kier alpha value is -0.330. The van der Waals surface area contributed by atoms with Crippen LogP contribution >= 0.6 is 12.4 Å². The van der Waals surface area contributed by atoms with Gasteiger partial charge in [0.25, 0.3) is 0 Å².